The molecule has 0 spiro atoms. The maximum Gasteiger partial charge on any atom is 0.290 e. The molecule has 7 nitrogen and oxygen atoms in total. The van der Waals surface area contributed by atoms with Crippen molar-refractivity contribution < 1.29 is 28.2 Å². The average Bonchev–Trinajstić information content (AvgIpc) is 3.16. The van der Waals surface area contributed by atoms with Gasteiger partial charge in [-0.2, -0.15) is 0 Å². The van der Waals surface area contributed by atoms with E-state index in [2.05, 4.69) is 0 Å². The molecule has 5 rings (SSSR count). The molecule has 0 radical (unpaired) electrons. The minimum absolute atomic E-state index is 0.0532. The van der Waals surface area contributed by atoms with Crippen LogP contribution >= 0.6 is 0 Å². The Balaban J connectivity index is 1.62. The van der Waals surface area contributed by atoms with Gasteiger partial charge in [0.1, 0.15) is 17.1 Å². The molecule has 36 heavy (non-hydrogen) atoms. The van der Waals surface area contributed by atoms with Crippen molar-refractivity contribution in [1.29, 1.82) is 0 Å². The molecule has 1 aliphatic rings. The van der Waals surface area contributed by atoms with Crippen LogP contribution in [-0.4, -0.2) is 36.2 Å². The zero-order valence-electron chi connectivity index (χ0n) is 19.8. The number of ether oxygens (including phenoxy) is 2. The maximum absolute atomic E-state index is 14.0. The Morgan fingerprint density at radius 2 is 1.83 bits per heavy atom. The van der Waals surface area contributed by atoms with E-state index in [1.165, 1.54) is 18.2 Å². The fourth-order valence-corrected chi connectivity index (χ4v) is 4.58. The van der Waals surface area contributed by atoms with Crippen molar-refractivity contribution in [3.63, 3.8) is 0 Å². The van der Waals surface area contributed by atoms with Gasteiger partial charge in [-0.3, -0.25) is 9.59 Å². The standard InChI is InChI=1S/C28H24FNO6/c1-3-35-23-14-17(6-10-21(23)31)25-24-26(32)20-15-18(29)7-11-22(20)36-27(24)28(33)30(25)13-12-16-4-8-19(34-2)9-5-16/h4-11,14-15,25,31H,3,12-13H2,1-2H3/t25-/m1/s1. The molecular formula is C28H24FNO6. The van der Waals surface area contributed by atoms with Crippen LogP contribution in [0.1, 0.15) is 40.2 Å². The number of nitrogens with zero attached hydrogens (tertiary/aromatic N) is 1. The van der Waals surface area contributed by atoms with E-state index in [4.69, 9.17) is 13.9 Å². The predicted octanol–water partition coefficient (Wildman–Crippen LogP) is 4.83. The molecule has 1 aliphatic heterocycles. The molecule has 0 unspecified atom stereocenters. The zero-order chi connectivity index (χ0) is 25.4. The summed E-state index contributed by atoms with van der Waals surface area (Å²) in [5.74, 6) is -0.162. The largest absolute Gasteiger partial charge is 0.504 e. The Hall–Kier alpha value is -4.33. The molecule has 1 N–H and O–H groups in total. The van der Waals surface area contributed by atoms with Crippen molar-refractivity contribution in [2.45, 2.75) is 19.4 Å². The summed E-state index contributed by atoms with van der Waals surface area (Å²) in [6, 6.07) is 15.1. The number of carbonyl (C=O) groups excluding carboxylic acids is 1. The Kier molecular flexibility index (Phi) is 6.10. The highest BCUT2D eigenvalue weighted by Crippen LogP contribution is 2.41. The summed E-state index contributed by atoms with van der Waals surface area (Å²) < 4.78 is 30.6. The number of carbonyl (C=O) groups is 1. The van der Waals surface area contributed by atoms with E-state index < -0.39 is 23.2 Å². The molecule has 1 atom stereocenters. The highest BCUT2D eigenvalue weighted by molar-refractivity contribution is 5.99. The molecule has 0 saturated heterocycles. The topological polar surface area (TPSA) is 89.2 Å². The summed E-state index contributed by atoms with van der Waals surface area (Å²) in [7, 11) is 1.59. The number of phenolic OH excluding ortho intramolecular Hbond substituents is 1. The van der Waals surface area contributed by atoms with Crippen LogP contribution in [-0.2, 0) is 6.42 Å². The molecule has 0 bridgehead atoms. The Morgan fingerprint density at radius 3 is 2.56 bits per heavy atom. The van der Waals surface area contributed by atoms with Gasteiger partial charge in [-0.15, -0.1) is 0 Å². The quantitative estimate of drug-likeness (QED) is 0.400. The number of methoxy groups -OCH3 is 1. The normalized spacial score (nSPS) is 14.8. The van der Waals surface area contributed by atoms with Crippen molar-refractivity contribution in [2.24, 2.45) is 0 Å². The smallest absolute Gasteiger partial charge is 0.290 e. The van der Waals surface area contributed by atoms with Gasteiger partial charge < -0.3 is 23.9 Å². The first kappa shape index (κ1) is 23.4. The predicted molar refractivity (Wildman–Crippen MR) is 131 cm³/mol. The monoisotopic (exact) mass is 489 g/mol. The lowest BCUT2D eigenvalue weighted by Crippen LogP contribution is -2.31. The summed E-state index contributed by atoms with van der Waals surface area (Å²) in [6.45, 7) is 2.40. The third kappa shape index (κ3) is 4.04. The van der Waals surface area contributed by atoms with Gasteiger partial charge in [0, 0.05) is 6.54 Å². The number of rotatable bonds is 7. The molecule has 2 heterocycles. The van der Waals surface area contributed by atoms with E-state index in [1.54, 1.807) is 31.1 Å². The second-order valence-corrected chi connectivity index (χ2v) is 8.47. The maximum atomic E-state index is 14.0. The summed E-state index contributed by atoms with van der Waals surface area (Å²) >= 11 is 0. The fourth-order valence-electron chi connectivity index (χ4n) is 4.58. The van der Waals surface area contributed by atoms with Gasteiger partial charge in [0.25, 0.3) is 5.91 Å². The summed E-state index contributed by atoms with van der Waals surface area (Å²) in [6.07, 6.45) is 0.513. The minimum Gasteiger partial charge on any atom is -0.504 e. The van der Waals surface area contributed by atoms with Gasteiger partial charge in [-0.05, 0) is 66.9 Å². The second kappa shape index (κ2) is 9.37. The number of amides is 1. The van der Waals surface area contributed by atoms with E-state index in [9.17, 15) is 19.1 Å². The lowest BCUT2D eigenvalue weighted by Gasteiger charge is -2.25. The SMILES string of the molecule is CCOc1cc([C@@H]2c3c(oc4ccc(F)cc4c3=O)C(=O)N2CCc2ccc(OC)cc2)ccc1O. The highest BCUT2D eigenvalue weighted by atomic mass is 19.1. The second-order valence-electron chi connectivity index (χ2n) is 8.47. The van der Waals surface area contributed by atoms with Crippen molar-refractivity contribution in [3.8, 4) is 17.2 Å². The molecular weight excluding hydrogens is 465 g/mol. The lowest BCUT2D eigenvalue weighted by atomic mass is 9.97. The Labute approximate surface area is 206 Å². The van der Waals surface area contributed by atoms with E-state index in [0.29, 0.717) is 18.6 Å². The zero-order valence-corrected chi connectivity index (χ0v) is 19.8. The van der Waals surface area contributed by atoms with E-state index in [0.717, 1.165) is 17.4 Å². The van der Waals surface area contributed by atoms with E-state index in [1.807, 2.05) is 24.3 Å². The molecule has 1 amide bonds. The summed E-state index contributed by atoms with van der Waals surface area (Å²) in [4.78, 5) is 28.7. The average molecular weight is 489 g/mol. The molecule has 4 aromatic rings. The molecule has 1 aromatic heterocycles. The third-order valence-corrected chi connectivity index (χ3v) is 6.33. The fraction of sp³-hybridized carbons (Fsp3) is 0.214. The van der Waals surface area contributed by atoms with Crippen LogP contribution in [0.4, 0.5) is 4.39 Å². The number of benzene rings is 3. The number of phenols is 1. The van der Waals surface area contributed by atoms with E-state index >= 15 is 0 Å². The molecule has 184 valence electrons. The molecule has 0 fully saturated rings. The number of hydrogen-bond donors (Lipinski definition) is 1. The van der Waals surface area contributed by atoms with Crippen LogP contribution in [0.25, 0.3) is 11.0 Å². The first-order valence-corrected chi connectivity index (χ1v) is 11.6. The van der Waals surface area contributed by atoms with E-state index in [-0.39, 0.29) is 40.3 Å². The van der Waals surface area contributed by atoms with Gasteiger partial charge in [0.15, 0.2) is 16.9 Å². The first-order chi connectivity index (χ1) is 17.4. The van der Waals surface area contributed by atoms with Gasteiger partial charge in [0.2, 0.25) is 5.76 Å². The molecule has 0 aliphatic carbocycles. The van der Waals surface area contributed by atoms with Crippen molar-refractivity contribution >= 4 is 16.9 Å². The first-order valence-electron chi connectivity index (χ1n) is 11.6. The molecule has 3 aromatic carbocycles. The van der Waals surface area contributed by atoms with Crippen LogP contribution in [0.3, 0.4) is 0 Å². The van der Waals surface area contributed by atoms with Crippen LogP contribution < -0.4 is 14.9 Å². The Bertz CT molecular complexity index is 1510. The lowest BCUT2D eigenvalue weighted by molar-refractivity contribution is 0.0730. The van der Waals surface area contributed by atoms with Crippen molar-refractivity contribution in [2.75, 3.05) is 20.3 Å². The van der Waals surface area contributed by atoms with Crippen LogP contribution in [0, 0.1) is 5.82 Å². The Morgan fingerprint density at radius 1 is 1.06 bits per heavy atom. The molecule has 8 heteroatoms. The van der Waals surface area contributed by atoms with Gasteiger partial charge >= 0.3 is 0 Å². The molecule has 0 saturated carbocycles. The number of fused-ring (bicyclic) bond motifs is 2. The van der Waals surface area contributed by atoms with Gasteiger partial charge in [-0.25, -0.2) is 4.39 Å². The number of halogens is 1. The van der Waals surface area contributed by atoms with Crippen LogP contribution in [0.5, 0.6) is 17.2 Å². The van der Waals surface area contributed by atoms with Gasteiger partial charge in [-0.1, -0.05) is 18.2 Å². The number of aromatic hydroxyl groups is 1. The van der Waals surface area contributed by atoms with Crippen LogP contribution in [0.2, 0.25) is 0 Å². The highest BCUT2D eigenvalue weighted by Gasteiger charge is 2.42. The third-order valence-electron chi connectivity index (χ3n) is 6.33. The van der Waals surface area contributed by atoms with Crippen molar-refractivity contribution in [3.05, 3.63) is 99.2 Å². The summed E-state index contributed by atoms with van der Waals surface area (Å²) in [5, 5.41) is 10.3. The van der Waals surface area contributed by atoms with Gasteiger partial charge in [0.05, 0.1) is 30.7 Å². The van der Waals surface area contributed by atoms with Crippen LogP contribution in [0.15, 0.2) is 69.9 Å². The minimum atomic E-state index is -0.797. The van der Waals surface area contributed by atoms with Crippen molar-refractivity contribution in [1.82, 2.24) is 4.90 Å². The number of hydrogen-bond acceptors (Lipinski definition) is 6. The summed E-state index contributed by atoms with van der Waals surface area (Å²) in [5.41, 5.74) is 1.36.